The highest BCUT2D eigenvalue weighted by atomic mass is 35.5. The van der Waals surface area contributed by atoms with E-state index in [1.807, 2.05) is 0 Å². The first-order chi connectivity index (χ1) is 13.3. The van der Waals surface area contributed by atoms with E-state index in [0.717, 1.165) is 15.6 Å². The van der Waals surface area contributed by atoms with E-state index in [4.69, 9.17) is 16.4 Å². The number of sulfonamides is 1. The van der Waals surface area contributed by atoms with Crippen molar-refractivity contribution in [2.24, 2.45) is 0 Å². The van der Waals surface area contributed by atoms with Gasteiger partial charge >= 0.3 is 5.97 Å². The van der Waals surface area contributed by atoms with Crippen molar-refractivity contribution in [2.45, 2.75) is 23.1 Å². The van der Waals surface area contributed by atoms with Crippen molar-refractivity contribution in [1.82, 2.24) is 9.37 Å². The largest absolute Gasteiger partial charge is 0.351 e. The molecular weight excluding hydrogens is 428 g/mol. The number of carbonyl (C=O) groups excluding carboxylic acids is 3. The monoisotopic (exact) mass is 440 g/mol. The van der Waals surface area contributed by atoms with Gasteiger partial charge in [-0.15, -0.1) is 11.3 Å². The lowest BCUT2D eigenvalue weighted by atomic mass is 10.1. The zero-order valence-electron chi connectivity index (χ0n) is 14.2. The van der Waals surface area contributed by atoms with Crippen molar-refractivity contribution >= 4 is 50.7 Å². The predicted molar refractivity (Wildman–Crippen MR) is 99.3 cm³/mol. The molecule has 0 saturated carbocycles. The minimum atomic E-state index is -3.95. The molecule has 11 heteroatoms. The predicted octanol–water partition coefficient (Wildman–Crippen LogP) is 2.31. The first-order valence-corrected chi connectivity index (χ1v) is 10.9. The SMILES string of the molecule is O=C(ON1C(=O)c2ccccc2C1=O)C1CCCN1S(=O)(=O)c1ccc(Cl)s1. The van der Waals surface area contributed by atoms with E-state index in [-0.39, 0.29) is 28.3 Å². The minimum Gasteiger partial charge on any atom is -0.328 e. The molecule has 1 saturated heterocycles. The standard InChI is InChI=1S/C17H13ClN2O6S2/c18-13-7-8-14(27-13)28(24,25)19-9-3-6-12(19)17(23)26-20-15(21)10-4-1-2-5-11(10)16(20)22/h1-2,4-5,7-8,12H,3,6,9H2. The maximum Gasteiger partial charge on any atom is 0.351 e. The van der Waals surface area contributed by atoms with Crippen molar-refractivity contribution in [2.75, 3.05) is 6.54 Å². The van der Waals surface area contributed by atoms with E-state index >= 15 is 0 Å². The second-order valence-electron chi connectivity index (χ2n) is 6.19. The number of benzene rings is 1. The van der Waals surface area contributed by atoms with Crippen molar-refractivity contribution in [3.05, 3.63) is 51.9 Å². The van der Waals surface area contributed by atoms with Gasteiger partial charge in [0.15, 0.2) is 0 Å². The van der Waals surface area contributed by atoms with Crippen molar-refractivity contribution in [1.29, 1.82) is 0 Å². The number of carbonyl (C=O) groups is 3. The summed E-state index contributed by atoms with van der Waals surface area (Å²) in [6.45, 7) is 0.125. The Labute approximate surface area is 169 Å². The average molecular weight is 441 g/mol. The number of hydroxylamine groups is 2. The minimum absolute atomic E-state index is 0.0120. The van der Waals surface area contributed by atoms with Crippen LogP contribution in [0.25, 0.3) is 0 Å². The molecule has 1 aromatic carbocycles. The molecule has 0 spiro atoms. The molecule has 3 heterocycles. The third-order valence-electron chi connectivity index (χ3n) is 4.53. The summed E-state index contributed by atoms with van der Waals surface area (Å²) in [4.78, 5) is 42.4. The molecule has 8 nitrogen and oxygen atoms in total. The highest BCUT2D eigenvalue weighted by Gasteiger charge is 2.45. The molecule has 2 aromatic rings. The van der Waals surface area contributed by atoms with Gasteiger partial charge in [-0.25, -0.2) is 13.2 Å². The van der Waals surface area contributed by atoms with Gasteiger partial charge in [0.1, 0.15) is 10.3 Å². The fraction of sp³-hybridized carbons (Fsp3) is 0.235. The number of hydrogen-bond acceptors (Lipinski definition) is 7. The van der Waals surface area contributed by atoms with E-state index in [9.17, 15) is 22.8 Å². The first-order valence-electron chi connectivity index (χ1n) is 8.27. The Balaban J connectivity index is 1.55. The number of thiophene rings is 1. The highest BCUT2D eigenvalue weighted by molar-refractivity contribution is 7.91. The number of imide groups is 1. The Bertz CT molecular complexity index is 1060. The smallest absolute Gasteiger partial charge is 0.328 e. The molecule has 2 aliphatic rings. The average Bonchev–Trinajstić information content (AvgIpc) is 3.38. The van der Waals surface area contributed by atoms with Crippen molar-refractivity contribution < 1.29 is 27.6 Å². The van der Waals surface area contributed by atoms with Crippen molar-refractivity contribution in [3.8, 4) is 0 Å². The molecule has 0 N–H and O–H groups in total. The lowest BCUT2D eigenvalue weighted by Crippen LogP contribution is -2.44. The summed E-state index contributed by atoms with van der Waals surface area (Å²) in [5.74, 6) is -2.49. The maximum atomic E-state index is 12.8. The van der Waals surface area contributed by atoms with E-state index in [1.165, 1.54) is 24.3 Å². The first kappa shape index (κ1) is 19.1. The van der Waals surface area contributed by atoms with E-state index < -0.39 is 33.8 Å². The molecule has 0 bridgehead atoms. The molecule has 1 aromatic heterocycles. The zero-order chi connectivity index (χ0) is 20.1. The van der Waals surface area contributed by atoms with Gasteiger partial charge in [0, 0.05) is 6.54 Å². The molecule has 28 heavy (non-hydrogen) atoms. The molecule has 2 amide bonds. The third kappa shape index (κ3) is 3.02. The van der Waals surface area contributed by atoms with Crippen LogP contribution in [0.4, 0.5) is 0 Å². The quantitative estimate of drug-likeness (QED) is 0.676. The lowest BCUT2D eigenvalue weighted by molar-refractivity contribution is -0.172. The molecular formula is C17H13ClN2O6S2. The van der Waals surface area contributed by atoms with Crippen LogP contribution < -0.4 is 0 Å². The van der Waals surface area contributed by atoms with Crippen LogP contribution in [0.15, 0.2) is 40.6 Å². The normalized spacial score (nSPS) is 19.9. The van der Waals surface area contributed by atoms with Crippen LogP contribution >= 0.6 is 22.9 Å². The molecule has 1 fully saturated rings. The van der Waals surface area contributed by atoms with Gasteiger partial charge < -0.3 is 4.84 Å². The van der Waals surface area contributed by atoms with Crippen LogP contribution in [0.1, 0.15) is 33.6 Å². The van der Waals surface area contributed by atoms with E-state index in [1.54, 1.807) is 12.1 Å². The van der Waals surface area contributed by atoms with Crippen LogP contribution in [-0.2, 0) is 19.7 Å². The molecule has 1 atom stereocenters. The summed E-state index contributed by atoms with van der Waals surface area (Å²) in [5, 5.41) is 0.387. The molecule has 146 valence electrons. The summed E-state index contributed by atoms with van der Waals surface area (Å²) in [6.07, 6.45) is 0.667. The number of amides is 2. The Morgan fingerprint density at radius 3 is 2.32 bits per heavy atom. The molecule has 0 aliphatic carbocycles. The van der Waals surface area contributed by atoms with Crippen LogP contribution in [0.3, 0.4) is 0 Å². The van der Waals surface area contributed by atoms with Gasteiger partial charge in [0.25, 0.3) is 21.8 Å². The summed E-state index contributed by atoms with van der Waals surface area (Å²) in [6, 6.07) is 7.79. The second kappa shape index (κ2) is 6.96. The number of fused-ring (bicyclic) bond motifs is 1. The topological polar surface area (TPSA) is 101 Å². The number of halogens is 1. The van der Waals surface area contributed by atoms with Crippen LogP contribution in [0.5, 0.6) is 0 Å². The number of nitrogens with zero attached hydrogens (tertiary/aromatic N) is 2. The van der Waals surface area contributed by atoms with Gasteiger partial charge in [-0.1, -0.05) is 28.8 Å². The van der Waals surface area contributed by atoms with Crippen molar-refractivity contribution in [3.63, 3.8) is 0 Å². The third-order valence-corrected chi connectivity index (χ3v) is 8.13. The second-order valence-corrected chi connectivity index (χ2v) is 10.0. The fourth-order valence-electron chi connectivity index (χ4n) is 3.22. The summed E-state index contributed by atoms with van der Waals surface area (Å²) in [7, 11) is -3.95. The lowest BCUT2D eigenvalue weighted by Gasteiger charge is -2.23. The number of hydrogen-bond donors (Lipinski definition) is 0. The summed E-state index contributed by atoms with van der Waals surface area (Å²) >= 11 is 6.71. The van der Waals surface area contributed by atoms with Crippen LogP contribution in [0.2, 0.25) is 4.34 Å². The van der Waals surface area contributed by atoms with Crippen LogP contribution in [-0.4, -0.2) is 48.2 Å². The Kier molecular flexibility index (Phi) is 4.74. The molecule has 1 unspecified atom stereocenters. The van der Waals surface area contributed by atoms with Gasteiger partial charge in [-0.3, -0.25) is 9.59 Å². The Morgan fingerprint density at radius 1 is 1.11 bits per heavy atom. The van der Waals surface area contributed by atoms with Crippen LogP contribution in [0, 0.1) is 0 Å². The number of rotatable bonds is 4. The van der Waals surface area contributed by atoms with Gasteiger partial charge in [-0.05, 0) is 37.1 Å². The Hall–Kier alpha value is -2.27. The van der Waals surface area contributed by atoms with Gasteiger partial charge in [-0.2, -0.15) is 4.31 Å². The fourth-order valence-corrected chi connectivity index (χ4v) is 6.48. The summed E-state index contributed by atoms with van der Waals surface area (Å²) in [5.41, 5.74) is 0.258. The highest BCUT2D eigenvalue weighted by Crippen LogP contribution is 2.33. The summed E-state index contributed by atoms with van der Waals surface area (Å²) < 4.78 is 27.0. The molecule has 0 radical (unpaired) electrons. The van der Waals surface area contributed by atoms with Gasteiger partial charge in [0.2, 0.25) is 0 Å². The van der Waals surface area contributed by atoms with E-state index in [2.05, 4.69) is 0 Å². The Morgan fingerprint density at radius 2 is 1.75 bits per heavy atom. The molecule has 4 rings (SSSR count). The van der Waals surface area contributed by atoms with E-state index in [0.29, 0.717) is 15.8 Å². The zero-order valence-corrected chi connectivity index (χ0v) is 16.6. The maximum absolute atomic E-state index is 12.8. The van der Waals surface area contributed by atoms with Gasteiger partial charge in [0.05, 0.1) is 15.5 Å². The molecule has 2 aliphatic heterocycles.